The van der Waals surface area contributed by atoms with Crippen LogP contribution in [-0.2, 0) is 0 Å². The smallest absolute Gasteiger partial charge is 0.183 e. The Balaban J connectivity index is 2.10. The second-order valence-electron chi connectivity index (χ2n) is 5.76. The topological polar surface area (TPSA) is 111 Å². The van der Waals surface area contributed by atoms with E-state index < -0.39 is 0 Å². The van der Waals surface area contributed by atoms with Crippen molar-refractivity contribution in [2.75, 3.05) is 33.1 Å². The molecular formula is C15H19N9. The summed E-state index contributed by atoms with van der Waals surface area (Å²) < 4.78 is 1.65. The largest absolute Gasteiger partial charge is 0.396 e. The van der Waals surface area contributed by atoms with Crippen LogP contribution in [-0.4, -0.2) is 65.1 Å². The number of aromatic nitrogens is 3. The molecule has 0 spiro atoms. The summed E-state index contributed by atoms with van der Waals surface area (Å²) in [7, 11) is 7.48. The number of anilines is 1. The minimum atomic E-state index is 0.254. The third-order valence-electron chi connectivity index (χ3n) is 3.45. The maximum absolute atomic E-state index is 7.93. The van der Waals surface area contributed by atoms with E-state index in [1.54, 1.807) is 21.7 Å². The number of aliphatic imine (C=N–C) groups is 2. The second-order valence-corrected chi connectivity index (χ2v) is 5.76. The van der Waals surface area contributed by atoms with Crippen LogP contribution in [0.25, 0.3) is 5.65 Å². The van der Waals surface area contributed by atoms with Crippen molar-refractivity contribution in [3.8, 4) is 0 Å². The lowest BCUT2D eigenvalue weighted by Gasteiger charge is -2.19. The van der Waals surface area contributed by atoms with Gasteiger partial charge in [0.2, 0.25) is 0 Å². The Morgan fingerprint density at radius 1 is 1.21 bits per heavy atom. The monoisotopic (exact) mass is 325 g/mol. The molecule has 0 aromatic carbocycles. The number of nitrogens with two attached hydrogens (primary N) is 1. The highest BCUT2D eigenvalue weighted by Gasteiger charge is 2.18. The molecule has 0 bridgehead atoms. The minimum absolute atomic E-state index is 0.254. The Morgan fingerprint density at radius 3 is 2.62 bits per heavy atom. The molecule has 124 valence electrons. The third kappa shape index (κ3) is 2.71. The Kier molecular flexibility index (Phi) is 3.76. The molecule has 2 aromatic heterocycles. The number of rotatable bonds is 2. The maximum Gasteiger partial charge on any atom is 0.183 e. The van der Waals surface area contributed by atoms with Crippen molar-refractivity contribution in [2.45, 2.75) is 0 Å². The fraction of sp³-hybridized carbons (Fsp3) is 0.267. The van der Waals surface area contributed by atoms with Gasteiger partial charge >= 0.3 is 0 Å². The van der Waals surface area contributed by atoms with Crippen LogP contribution in [0.5, 0.6) is 0 Å². The summed E-state index contributed by atoms with van der Waals surface area (Å²) in [6, 6.07) is 1.87. The lowest BCUT2D eigenvalue weighted by Crippen LogP contribution is -2.34. The molecule has 3 heterocycles. The Labute approximate surface area is 139 Å². The van der Waals surface area contributed by atoms with E-state index in [4.69, 9.17) is 11.1 Å². The number of fused-ring (bicyclic) bond motifs is 1. The van der Waals surface area contributed by atoms with Crippen molar-refractivity contribution < 1.29 is 0 Å². The van der Waals surface area contributed by atoms with Crippen LogP contribution in [0.4, 0.5) is 11.5 Å². The fourth-order valence-corrected chi connectivity index (χ4v) is 2.23. The Bertz CT molecular complexity index is 899. The summed E-state index contributed by atoms with van der Waals surface area (Å²) in [5.74, 6) is 1.65. The molecule has 0 amide bonds. The van der Waals surface area contributed by atoms with Crippen molar-refractivity contribution >= 4 is 34.5 Å². The van der Waals surface area contributed by atoms with E-state index in [1.807, 2.05) is 45.4 Å². The Morgan fingerprint density at radius 2 is 1.96 bits per heavy atom. The summed E-state index contributed by atoms with van der Waals surface area (Å²) in [5.41, 5.74) is 7.76. The van der Waals surface area contributed by atoms with Gasteiger partial charge in [-0.15, -0.1) is 0 Å². The van der Waals surface area contributed by atoms with Crippen LogP contribution in [0.2, 0.25) is 0 Å². The van der Waals surface area contributed by atoms with Gasteiger partial charge in [-0.05, 0) is 12.1 Å². The van der Waals surface area contributed by atoms with Gasteiger partial charge in [-0.3, -0.25) is 5.41 Å². The molecule has 0 atom stereocenters. The molecule has 1 aliphatic rings. The van der Waals surface area contributed by atoms with E-state index in [9.17, 15) is 0 Å². The SMILES string of the molecule is CN(C)C1=N/C(=N\c2cnn3ccc(N(C)C)nc23)C(N)=CC1=N. The van der Waals surface area contributed by atoms with Gasteiger partial charge in [0.1, 0.15) is 11.5 Å². The van der Waals surface area contributed by atoms with Crippen molar-refractivity contribution in [3.05, 3.63) is 30.2 Å². The predicted molar refractivity (Wildman–Crippen MR) is 95.5 cm³/mol. The van der Waals surface area contributed by atoms with Gasteiger partial charge in [-0.1, -0.05) is 0 Å². The van der Waals surface area contributed by atoms with Crippen LogP contribution in [0.3, 0.4) is 0 Å². The molecule has 0 aliphatic carbocycles. The van der Waals surface area contributed by atoms with E-state index in [0.717, 1.165) is 5.82 Å². The van der Waals surface area contributed by atoms with E-state index in [0.29, 0.717) is 28.7 Å². The van der Waals surface area contributed by atoms with Crippen LogP contribution in [0.15, 0.2) is 40.2 Å². The number of amidine groups is 2. The normalized spacial score (nSPS) is 16.3. The molecular weight excluding hydrogens is 306 g/mol. The maximum atomic E-state index is 7.93. The van der Waals surface area contributed by atoms with Crippen molar-refractivity contribution in [3.63, 3.8) is 0 Å². The second kappa shape index (κ2) is 5.76. The third-order valence-corrected chi connectivity index (χ3v) is 3.45. The van der Waals surface area contributed by atoms with E-state index >= 15 is 0 Å². The highest BCUT2D eigenvalue weighted by atomic mass is 15.3. The van der Waals surface area contributed by atoms with Crippen molar-refractivity contribution in [2.24, 2.45) is 15.7 Å². The van der Waals surface area contributed by atoms with E-state index in [2.05, 4.69) is 20.1 Å². The average Bonchev–Trinajstić information content (AvgIpc) is 2.91. The first-order valence-corrected chi connectivity index (χ1v) is 7.29. The molecule has 0 radical (unpaired) electrons. The number of dihydropyridines is 1. The standard InChI is InChI=1S/C15H19N9/c1-22(2)12-5-6-24-15(20-12)11(8-18-24)19-13-9(16)7-10(17)14(21-13)23(3)4/h5-8,17H,16H2,1-4H3/b17-10?,19-13-. The molecule has 0 saturated carbocycles. The fourth-order valence-electron chi connectivity index (χ4n) is 2.23. The summed E-state index contributed by atoms with van der Waals surface area (Å²) >= 11 is 0. The van der Waals surface area contributed by atoms with Crippen LogP contribution < -0.4 is 10.6 Å². The van der Waals surface area contributed by atoms with Crippen molar-refractivity contribution in [1.82, 2.24) is 19.5 Å². The quantitative estimate of drug-likeness (QED) is 0.842. The zero-order valence-corrected chi connectivity index (χ0v) is 14.0. The molecule has 3 rings (SSSR count). The highest BCUT2D eigenvalue weighted by Crippen LogP contribution is 2.22. The molecule has 0 unspecified atom stereocenters. The minimum Gasteiger partial charge on any atom is -0.396 e. The summed E-state index contributed by atoms with van der Waals surface area (Å²) in [5, 5.41) is 12.2. The van der Waals surface area contributed by atoms with Gasteiger partial charge in [0.15, 0.2) is 17.3 Å². The first-order chi connectivity index (χ1) is 11.4. The Hall–Kier alpha value is -3.23. The zero-order chi connectivity index (χ0) is 17.4. The highest BCUT2D eigenvalue weighted by molar-refractivity contribution is 6.48. The van der Waals surface area contributed by atoms with Crippen molar-refractivity contribution in [1.29, 1.82) is 5.41 Å². The number of hydrogen-bond acceptors (Lipinski definition) is 7. The van der Waals surface area contributed by atoms with Crippen LogP contribution in [0.1, 0.15) is 0 Å². The van der Waals surface area contributed by atoms with E-state index in [-0.39, 0.29) is 5.71 Å². The zero-order valence-electron chi connectivity index (χ0n) is 14.0. The van der Waals surface area contributed by atoms with Crippen LogP contribution >= 0.6 is 0 Å². The number of hydrogen-bond donors (Lipinski definition) is 2. The molecule has 0 saturated heterocycles. The van der Waals surface area contributed by atoms with Gasteiger partial charge in [-0.25, -0.2) is 19.5 Å². The molecule has 1 aliphatic heterocycles. The molecule has 0 fully saturated rings. The van der Waals surface area contributed by atoms with Gasteiger partial charge in [0.25, 0.3) is 0 Å². The number of nitrogens with zero attached hydrogens (tertiary/aromatic N) is 7. The van der Waals surface area contributed by atoms with Gasteiger partial charge in [0, 0.05) is 34.4 Å². The van der Waals surface area contributed by atoms with Gasteiger partial charge < -0.3 is 15.5 Å². The molecule has 2 aromatic rings. The number of nitrogens with one attached hydrogen (secondary N) is 1. The first kappa shape index (κ1) is 15.7. The molecule has 24 heavy (non-hydrogen) atoms. The van der Waals surface area contributed by atoms with Gasteiger partial charge in [-0.2, -0.15) is 5.10 Å². The molecule has 9 nitrogen and oxygen atoms in total. The van der Waals surface area contributed by atoms with Crippen LogP contribution in [0, 0.1) is 5.41 Å². The molecule has 9 heteroatoms. The predicted octanol–water partition coefficient (Wildman–Crippen LogP) is 0.661. The molecule has 3 N–H and O–H groups in total. The van der Waals surface area contributed by atoms with Gasteiger partial charge in [0.05, 0.1) is 17.6 Å². The average molecular weight is 325 g/mol. The summed E-state index contributed by atoms with van der Waals surface area (Å²) in [4.78, 5) is 17.1. The summed E-state index contributed by atoms with van der Waals surface area (Å²) in [6.45, 7) is 0. The first-order valence-electron chi connectivity index (χ1n) is 7.29. The summed E-state index contributed by atoms with van der Waals surface area (Å²) in [6.07, 6.45) is 4.99. The lowest BCUT2D eigenvalue weighted by atomic mass is 10.2. The van der Waals surface area contributed by atoms with E-state index in [1.165, 1.54) is 0 Å². The lowest BCUT2D eigenvalue weighted by molar-refractivity contribution is 0.631.